The van der Waals surface area contributed by atoms with Crippen molar-refractivity contribution in [1.82, 2.24) is 15.1 Å². The van der Waals surface area contributed by atoms with Gasteiger partial charge < -0.3 is 15.2 Å². The Morgan fingerprint density at radius 3 is 2.74 bits per heavy atom. The zero-order valence-corrected chi connectivity index (χ0v) is 28.9. The molecule has 4 saturated carbocycles. The summed E-state index contributed by atoms with van der Waals surface area (Å²) < 4.78 is 21.7. The number of aliphatic hydroxyl groups excluding tert-OH is 1. The van der Waals surface area contributed by atoms with Crippen LogP contribution in [0.25, 0.3) is 11.8 Å². The first-order valence-electron chi connectivity index (χ1n) is 16.9. The van der Waals surface area contributed by atoms with Gasteiger partial charge in [0.25, 0.3) is 5.91 Å². The molecule has 252 valence electrons. The summed E-state index contributed by atoms with van der Waals surface area (Å²) in [7, 11) is 0. The lowest BCUT2D eigenvalue weighted by Crippen LogP contribution is -2.62. The molecule has 4 fully saturated rings. The van der Waals surface area contributed by atoms with E-state index in [1.807, 2.05) is 48.3 Å². The number of alkyl halides is 1. The topological polar surface area (TPSA) is 111 Å². The molecule has 7 atom stereocenters. The average Bonchev–Trinajstić information content (AvgIpc) is 3.76. The molecular formula is C36H44FN3O5S2. The molecule has 1 aromatic carbocycles. The Bertz CT molecular complexity index is 1620. The van der Waals surface area contributed by atoms with E-state index >= 15 is 0 Å². The van der Waals surface area contributed by atoms with Gasteiger partial charge in [-0.2, -0.15) is 16.9 Å². The summed E-state index contributed by atoms with van der Waals surface area (Å²) in [5.41, 5.74) is 2.31. The first-order valence-corrected chi connectivity index (χ1v) is 19.2. The Hall–Kier alpha value is -2.63. The van der Waals surface area contributed by atoms with Crippen LogP contribution in [0.3, 0.4) is 0 Å². The minimum absolute atomic E-state index is 0.0377. The number of amides is 1. The van der Waals surface area contributed by atoms with Gasteiger partial charge in [-0.15, -0.1) is 0 Å². The first kappa shape index (κ1) is 32.9. The number of thioether (sulfide) groups is 2. The van der Waals surface area contributed by atoms with Crippen LogP contribution in [-0.2, 0) is 20.7 Å². The first-order chi connectivity index (χ1) is 22.6. The zero-order chi connectivity index (χ0) is 33.1. The number of benzene rings is 1. The number of esters is 1. The van der Waals surface area contributed by atoms with Crippen LogP contribution in [-0.4, -0.2) is 68.1 Å². The molecule has 0 aliphatic heterocycles. The highest BCUT2D eigenvalue weighted by molar-refractivity contribution is 8.13. The highest BCUT2D eigenvalue weighted by atomic mass is 32.2. The quantitative estimate of drug-likeness (QED) is 0.245. The predicted octanol–water partition coefficient (Wildman–Crippen LogP) is 6.00. The van der Waals surface area contributed by atoms with Crippen molar-refractivity contribution in [2.75, 3.05) is 24.6 Å². The zero-order valence-electron chi connectivity index (χ0n) is 27.3. The number of hydrogen-bond acceptors (Lipinski definition) is 8. The smallest absolute Gasteiger partial charge is 0.309 e. The molecule has 8 nitrogen and oxygen atoms in total. The molecule has 0 saturated heterocycles. The summed E-state index contributed by atoms with van der Waals surface area (Å²) in [5.74, 6) is 0.383. The third kappa shape index (κ3) is 5.30. The van der Waals surface area contributed by atoms with E-state index in [0.717, 1.165) is 54.8 Å². The number of allylic oxidation sites excluding steroid dienone is 1. The van der Waals surface area contributed by atoms with Gasteiger partial charge in [0.1, 0.15) is 6.01 Å². The van der Waals surface area contributed by atoms with Gasteiger partial charge in [0.15, 0.2) is 5.60 Å². The molecule has 0 bridgehead atoms. The van der Waals surface area contributed by atoms with E-state index < -0.39 is 28.2 Å². The molecule has 0 spiro atoms. The monoisotopic (exact) mass is 681 g/mol. The second-order valence-corrected chi connectivity index (χ2v) is 16.5. The van der Waals surface area contributed by atoms with Crippen LogP contribution in [0.4, 0.5) is 4.39 Å². The van der Waals surface area contributed by atoms with E-state index in [9.17, 15) is 23.9 Å². The van der Waals surface area contributed by atoms with Crippen molar-refractivity contribution in [2.45, 2.75) is 76.9 Å². The molecule has 2 aromatic rings. The van der Waals surface area contributed by atoms with E-state index in [1.165, 1.54) is 5.57 Å². The maximum Gasteiger partial charge on any atom is 0.309 e. The third-order valence-electron chi connectivity index (χ3n) is 12.2. The van der Waals surface area contributed by atoms with Crippen LogP contribution >= 0.6 is 23.5 Å². The van der Waals surface area contributed by atoms with Gasteiger partial charge in [-0.3, -0.25) is 14.4 Å². The molecule has 1 heterocycles. The molecule has 0 radical (unpaired) electrons. The van der Waals surface area contributed by atoms with E-state index in [-0.39, 0.29) is 41.0 Å². The molecule has 2 N–H and O–H groups in total. The Labute approximate surface area is 284 Å². The standard InChI is InChI=1S/C36H44FN3O5S2/c1-34-17-23-19-39-40(25-6-4-5-22(15-25)31(42)38-13-14-46-3)28(23)16-24(34)9-10-26-27-11-12-36(33(44)47-20-37,45-32(43)21-7-8-21)35(27,2)18-29(41)30(26)34/h4-6,15-16,19,21,26-27,29-30,41H,7-14,17-18,20H2,1-3H3,(H,38,42)/t26-,27?,29-,30?,34-,35-,36-/m0/s1. The number of halogens is 1. The number of ether oxygens (including phenoxy) is 1. The minimum atomic E-state index is -1.42. The number of fused-ring (bicyclic) bond motifs is 6. The summed E-state index contributed by atoms with van der Waals surface area (Å²) >= 11 is 2.28. The summed E-state index contributed by atoms with van der Waals surface area (Å²) in [4.78, 5) is 39.5. The van der Waals surface area contributed by atoms with Crippen molar-refractivity contribution in [1.29, 1.82) is 0 Å². The maximum absolute atomic E-state index is 13.7. The maximum atomic E-state index is 13.7. The van der Waals surface area contributed by atoms with Gasteiger partial charge in [-0.1, -0.05) is 25.5 Å². The number of rotatable bonds is 9. The molecule has 5 aliphatic rings. The normalized spacial score (nSPS) is 33.9. The fourth-order valence-corrected chi connectivity index (χ4v) is 10.8. The van der Waals surface area contributed by atoms with Crippen LogP contribution in [0.2, 0.25) is 0 Å². The number of hydrogen-bond donors (Lipinski definition) is 2. The average molecular weight is 682 g/mol. The lowest BCUT2D eigenvalue weighted by Gasteiger charge is -2.60. The Morgan fingerprint density at radius 1 is 1.19 bits per heavy atom. The van der Waals surface area contributed by atoms with E-state index in [4.69, 9.17) is 9.84 Å². The second-order valence-electron chi connectivity index (χ2n) is 14.7. The van der Waals surface area contributed by atoms with Crippen LogP contribution in [0, 0.1) is 34.5 Å². The lowest BCUT2D eigenvalue weighted by molar-refractivity contribution is -0.197. The molecule has 2 unspecified atom stereocenters. The molecule has 7 rings (SSSR count). The van der Waals surface area contributed by atoms with E-state index in [1.54, 1.807) is 11.8 Å². The highest BCUT2D eigenvalue weighted by Gasteiger charge is 2.71. The Balaban J connectivity index is 1.17. The molecule has 1 aromatic heterocycles. The lowest BCUT2D eigenvalue weighted by atomic mass is 9.45. The molecule has 1 amide bonds. The Kier molecular flexibility index (Phi) is 8.65. The van der Waals surface area contributed by atoms with Crippen LogP contribution in [0.5, 0.6) is 0 Å². The van der Waals surface area contributed by atoms with Gasteiger partial charge >= 0.3 is 5.97 Å². The van der Waals surface area contributed by atoms with Crippen molar-refractivity contribution in [2.24, 2.45) is 34.5 Å². The van der Waals surface area contributed by atoms with Gasteiger partial charge in [-0.05, 0) is 122 Å². The number of aliphatic hydroxyl groups is 1. The van der Waals surface area contributed by atoms with Crippen molar-refractivity contribution >= 4 is 46.6 Å². The fourth-order valence-electron chi connectivity index (χ4n) is 9.81. The van der Waals surface area contributed by atoms with Gasteiger partial charge in [0.05, 0.1) is 29.6 Å². The second kappa shape index (κ2) is 12.4. The highest BCUT2D eigenvalue weighted by Crippen LogP contribution is 2.69. The summed E-state index contributed by atoms with van der Waals surface area (Å²) in [6.45, 7) is 4.88. The molecule has 47 heavy (non-hydrogen) atoms. The van der Waals surface area contributed by atoms with Crippen molar-refractivity contribution in [3.05, 3.63) is 52.9 Å². The van der Waals surface area contributed by atoms with Gasteiger partial charge in [-0.25, -0.2) is 9.07 Å². The molecular weight excluding hydrogens is 638 g/mol. The van der Waals surface area contributed by atoms with Crippen molar-refractivity contribution < 1.29 is 28.6 Å². The van der Waals surface area contributed by atoms with E-state index in [0.29, 0.717) is 43.1 Å². The summed E-state index contributed by atoms with van der Waals surface area (Å²) in [5, 5.41) is 19.4. The fraction of sp³-hybridized carbons (Fsp3) is 0.611. The van der Waals surface area contributed by atoms with E-state index in [2.05, 4.69) is 18.3 Å². The molecule has 11 heteroatoms. The van der Waals surface area contributed by atoms with Gasteiger partial charge in [0, 0.05) is 23.3 Å². The van der Waals surface area contributed by atoms with Crippen LogP contribution in [0.15, 0.2) is 36.0 Å². The molecule has 5 aliphatic carbocycles. The third-order valence-corrected chi connectivity index (χ3v) is 13.5. The number of aromatic nitrogens is 2. The number of carbonyl (C=O) groups excluding carboxylic acids is 3. The predicted molar refractivity (Wildman–Crippen MR) is 182 cm³/mol. The van der Waals surface area contributed by atoms with Crippen LogP contribution in [0.1, 0.15) is 80.4 Å². The largest absolute Gasteiger partial charge is 0.449 e. The SMILES string of the molecule is CSCCNC(=O)c1cccc(-n2ncc3c2C=C2CC[C@@H]4C([C@@H](O)C[C@@]5(C)C4CC[C@]5(OC(=O)C4CC4)C(=O)SCF)[C@@]2(C)C3)c1. The van der Waals surface area contributed by atoms with Crippen molar-refractivity contribution in [3.8, 4) is 5.69 Å². The van der Waals surface area contributed by atoms with Crippen molar-refractivity contribution in [3.63, 3.8) is 0 Å². The minimum Gasteiger partial charge on any atom is -0.449 e. The summed E-state index contributed by atoms with van der Waals surface area (Å²) in [6.07, 6.45) is 10.8. The van der Waals surface area contributed by atoms with Crippen LogP contribution < -0.4 is 5.32 Å². The van der Waals surface area contributed by atoms with Gasteiger partial charge in [0.2, 0.25) is 5.12 Å². The number of nitrogens with one attached hydrogen (secondary N) is 1. The number of nitrogens with zero attached hydrogens (tertiary/aromatic N) is 2. The Morgan fingerprint density at radius 2 is 2.00 bits per heavy atom. The number of carbonyl (C=O) groups is 3. The summed E-state index contributed by atoms with van der Waals surface area (Å²) in [6, 6.07) is 6.67.